The summed E-state index contributed by atoms with van der Waals surface area (Å²) >= 11 is 0. The summed E-state index contributed by atoms with van der Waals surface area (Å²) in [6.07, 6.45) is 8.44. The first-order valence-corrected chi connectivity index (χ1v) is 6.43. The number of fused-ring (bicyclic) bond motifs is 2. The molecule has 0 aliphatic heterocycles. The highest BCUT2D eigenvalue weighted by atomic mass is 16.5. The van der Waals surface area contributed by atoms with Crippen LogP contribution in [0.1, 0.15) is 11.1 Å². The molecule has 0 atom stereocenters. The lowest BCUT2D eigenvalue weighted by molar-refractivity contribution is 0.468. The highest BCUT2D eigenvalue weighted by Crippen LogP contribution is 2.29. The first kappa shape index (κ1) is 11.1. The number of ether oxygens (including phenoxy) is 1. The van der Waals surface area contributed by atoms with E-state index in [1.54, 1.807) is 6.20 Å². The molecule has 0 unspecified atom stereocenters. The minimum atomic E-state index is 0.532. The first-order valence-electron chi connectivity index (χ1n) is 6.43. The predicted molar refractivity (Wildman–Crippen MR) is 76.6 cm³/mol. The van der Waals surface area contributed by atoms with Crippen molar-refractivity contribution in [2.24, 2.45) is 0 Å². The van der Waals surface area contributed by atoms with Gasteiger partial charge < -0.3 is 4.74 Å². The number of rotatable bonds is 2. The van der Waals surface area contributed by atoms with Crippen LogP contribution in [-0.2, 0) is 6.42 Å². The van der Waals surface area contributed by atoms with Crippen LogP contribution in [0.4, 0.5) is 0 Å². The third-order valence-corrected chi connectivity index (χ3v) is 3.34. The van der Waals surface area contributed by atoms with Gasteiger partial charge in [-0.15, -0.1) is 0 Å². The topological polar surface area (TPSA) is 47.9 Å². The molecule has 0 amide bonds. The zero-order valence-corrected chi connectivity index (χ0v) is 10.7. The van der Waals surface area contributed by atoms with E-state index in [4.69, 9.17) is 4.74 Å². The van der Waals surface area contributed by atoms with Crippen molar-refractivity contribution in [2.75, 3.05) is 0 Å². The van der Waals surface area contributed by atoms with Gasteiger partial charge in [0.15, 0.2) is 5.65 Å². The summed E-state index contributed by atoms with van der Waals surface area (Å²) in [4.78, 5) is 12.5. The smallest absolute Gasteiger partial charge is 0.231 e. The SMILES string of the molecule is C1=Cc2cc(Oc3ncnc4ncccc34)ccc2C1. The van der Waals surface area contributed by atoms with Gasteiger partial charge in [0.05, 0.1) is 5.39 Å². The zero-order valence-electron chi connectivity index (χ0n) is 10.7. The standard InChI is InChI=1S/C16H11N3O/c1-3-11-6-7-13(9-12(11)4-1)20-16-14-5-2-8-17-15(14)18-10-19-16/h1-2,4-10H,3H2. The summed E-state index contributed by atoms with van der Waals surface area (Å²) < 4.78 is 5.89. The summed E-state index contributed by atoms with van der Waals surface area (Å²) in [5, 5.41) is 0.811. The van der Waals surface area contributed by atoms with Crippen LogP contribution in [0.5, 0.6) is 11.6 Å². The molecule has 0 saturated carbocycles. The lowest BCUT2D eigenvalue weighted by Gasteiger charge is -2.08. The number of hydrogen-bond donors (Lipinski definition) is 0. The Kier molecular flexibility index (Phi) is 2.45. The van der Waals surface area contributed by atoms with E-state index in [0.717, 1.165) is 17.6 Å². The molecule has 4 heteroatoms. The van der Waals surface area contributed by atoms with Crippen LogP contribution >= 0.6 is 0 Å². The Morgan fingerprint density at radius 2 is 2.05 bits per heavy atom. The number of pyridine rings is 1. The second-order valence-corrected chi connectivity index (χ2v) is 4.62. The van der Waals surface area contributed by atoms with Crippen molar-refractivity contribution >= 4 is 17.1 Å². The number of nitrogens with zero attached hydrogens (tertiary/aromatic N) is 3. The molecule has 2 aromatic heterocycles. The van der Waals surface area contributed by atoms with Gasteiger partial charge in [-0.25, -0.2) is 15.0 Å². The molecule has 3 aromatic rings. The van der Waals surface area contributed by atoms with Crippen molar-refractivity contribution in [1.82, 2.24) is 15.0 Å². The van der Waals surface area contributed by atoms with Crippen LogP contribution in [-0.4, -0.2) is 15.0 Å². The third-order valence-electron chi connectivity index (χ3n) is 3.34. The van der Waals surface area contributed by atoms with Crippen LogP contribution in [0.25, 0.3) is 17.1 Å². The Hall–Kier alpha value is -2.75. The van der Waals surface area contributed by atoms with Crippen LogP contribution in [0, 0.1) is 0 Å². The average molecular weight is 261 g/mol. The van der Waals surface area contributed by atoms with E-state index in [1.807, 2.05) is 24.3 Å². The van der Waals surface area contributed by atoms with Crippen molar-refractivity contribution < 1.29 is 4.74 Å². The Morgan fingerprint density at radius 1 is 1.05 bits per heavy atom. The zero-order chi connectivity index (χ0) is 13.4. The van der Waals surface area contributed by atoms with E-state index in [1.165, 1.54) is 17.5 Å². The van der Waals surface area contributed by atoms with Crippen molar-refractivity contribution in [3.8, 4) is 11.6 Å². The molecular weight excluding hydrogens is 250 g/mol. The molecule has 0 bridgehead atoms. The van der Waals surface area contributed by atoms with Gasteiger partial charge in [0.2, 0.25) is 5.88 Å². The van der Waals surface area contributed by atoms with Gasteiger partial charge in [0, 0.05) is 6.20 Å². The summed E-state index contributed by atoms with van der Waals surface area (Å²) in [5.41, 5.74) is 3.17. The molecule has 0 saturated heterocycles. The van der Waals surface area contributed by atoms with E-state index in [0.29, 0.717) is 11.5 Å². The number of hydrogen-bond acceptors (Lipinski definition) is 4. The minimum Gasteiger partial charge on any atom is -0.438 e. The largest absolute Gasteiger partial charge is 0.438 e. The van der Waals surface area contributed by atoms with Crippen LogP contribution < -0.4 is 4.74 Å². The second-order valence-electron chi connectivity index (χ2n) is 4.62. The number of allylic oxidation sites excluding steroid dienone is 1. The fraction of sp³-hybridized carbons (Fsp3) is 0.0625. The van der Waals surface area contributed by atoms with Crippen molar-refractivity contribution in [3.05, 3.63) is 60.1 Å². The Bertz CT molecular complexity index is 822. The molecular formula is C16H11N3O. The van der Waals surface area contributed by atoms with Crippen LogP contribution in [0.15, 0.2) is 48.9 Å². The van der Waals surface area contributed by atoms with Gasteiger partial charge in [-0.1, -0.05) is 18.2 Å². The van der Waals surface area contributed by atoms with Crippen LogP contribution in [0.2, 0.25) is 0 Å². The first-order chi connectivity index (χ1) is 9.90. The summed E-state index contributed by atoms with van der Waals surface area (Å²) in [7, 11) is 0. The van der Waals surface area contributed by atoms with E-state index < -0.39 is 0 Å². The Labute approximate surface area is 115 Å². The minimum absolute atomic E-state index is 0.532. The van der Waals surface area contributed by atoms with Gasteiger partial charge in [0.1, 0.15) is 12.1 Å². The van der Waals surface area contributed by atoms with Gasteiger partial charge in [-0.3, -0.25) is 0 Å². The fourth-order valence-electron chi connectivity index (χ4n) is 2.36. The molecule has 1 aliphatic rings. The van der Waals surface area contributed by atoms with Gasteiger partial charge >= 0.3 is 0 Å². The molecule has 1 aliphatic carbocycles. The van der Waals surface area contributed by atoms with E-state index >= 15 is 0 Å². The quantitative estimate of drug-likeness (QED) is 0.709. The lowest BCUT2D eigenvalue weighted by atomic mass is 10.1. The molecule has 2 heterocycles. The van der Waals surface area contributed by atoms with E-state index in [2.05, 4.69) is 33.2 Å². The second kappa shape index (κ2) is 4.42. The fourth-order valence-corrected chi connectivity index (χ4v) is 2.36. The molecule has 1 aromatic carbocycles. The molecule has 0 radical (unpaired) electrons. The summed E-state index contributed by atoms with van der Waals surface area (Å²) in [6, 6.07) is 9.85. The molecule has 4 rings (SSSR count). The van der Waals surface area contributed by atoms with Gasteiger partial charge in [-0.05, 0) is 41.8 Å². The molecule has 4 nitrogen and oxygen atoms in total. The number of aromatic nitrogens is 3. The summed E-state index contributed by atoms with van der Waals surface area (Å²) in [5.74, 6) is 1.31. The predicted octanol–water partition coefficient (Wildman–Crippen LogP) is 3.39. The highest BCUT2D eigenvalue weighted by Gasteiger charge is 2.09. The molecule has 96 valence electrons. The molecule has 20 heavy (non-hydrogen) atoms. The van der Waals surface area contributed by atoms with Gasteiger partial charge in [-0.2, -0.15) is 0 Å². The highest BCUT2D eigenvalue weighted by molar-refractivity contribution is 5.79. The Balaban J connectivity index is 1.76. The average Bonchev–Trinajstić information content (AvgIpc) is 2.95. The third kappa shape index (κ3) is 1.82. The maximum atomic E-state index is 5.89. The number of benzene rings is 1. The summed E-state index contributed by atoms with van der Waals surface area (Å²) in [6.45, 7) is 0. The maximum absolute atomic E-state index is 5.89. The molecule has 0 fully saturated rings. The monoisotopic (exact) mass is 261 g/mol. The molecule has 0 N–H and O–H groups in total. The van der Waals surface area contributed by atoms with Crippen molar-refractivity contribution in [1.29, 1.82) is 0 Å². The van der Waals surface area contributed by atoms with Crippen molar-refractivity contribution in [2.45, 2.75) is 6.42 Å². The van der Waals surface area contributed by atoms with Crippen molar-refractivity contribution in [3.63, 3.8) is 0 Å². The van der Waals surface area contributed by atoms with E-state index in [-0.39, 0.29) is 0 Å². The van der Waals surface area contributed by atoms with Gasteiger partial charge in [0.25, 0.3) is 0 Å². The Morgan fingerprint density at radius 3 is 3.05 bits per heavy atom. The molecule has 0 spiro atoms. The normalized spacial score (nSPS) is 12.6. The lowest BCUT2D eigenvalue weighted by Crippen LogP contribution is -1.93. The van der Waals surface area contributed by atoms with E-state index in [9.17, 15) is 0 Å². The maximum Gasteiger partial charge on any atom is 0.231 e. The van der Waals surface area contributed by atoms with Crippen LogP contribution in [0.3, 0.4) is 0 Å².